The Labute approximate surface area is 198 Å². The Bertz CT molecular complexity index is 789. The summed E-state index contributed by atoms with van der Waals surface area (Å²) in [5.41, 5.74) is -0.245. The minimum absolute atomic E-state index is 0.0518. The Morgan fingerprint density at radius 2 is 1.81 bits per heavy atom. The Morgan fingerprint density at radius 3 is 2.50 bits per heavy atom. The van der Waals surface area contributed by atoms with Crippen LogP contribution in [0.3, 0.4) is 0 Å². The van der Waals surface area contributed by atoms with Crippen molar-refractivity contribution in [3.05, 3.63) is 0 Å². The third-order valence-corrected chi connectivity index (χ3v) is 11.0. The van der Waals surface area contributed by atoms with E-state index in [-0.39, 0.29) is 52.9 Å². The monoisotopic (exact) mass is 453 g/mol. The van der Waals surface area contributed by atoms with Gasteiger partial charge in [-0.25, -0.2) is 0 Å². The first kappa shape index (κ1) is 20.7. The number of rotatable bonds is 6. The summed E-state index contributed by atoms with van der Waals surface area (Å²) in [5.74, 6) is -1.09. The molecule has 0 aliphatic heterocycles. The normalized spacial score (nSPS) is 51.9. The average Bonchev–Trinajstić information content (AvgIpc) is 3.10. The van der Waals surface area contributed by atoms with E-state index in [1.54, 1.807) is 0 Å². The fourth-order valence-electron chi connectivity index (χ4n) is 9.10. The molecule has 5 nitrogen and oxygen atoms in total. The van der Waals surface area contributed by atoms with Crippen LogP contribution < -0.4 is 0 Å². The number of aliphatic hydroxyl groups is 3. The fourth-order valence-corrected chi connectivity index (χ4v) is 9.10. The van der Waals surface area contributed by atoms with Crippen LogP contribution >= 0.6 is 0 Å². The van der Waals surface area contributed by atoms with Crippen LogP contribution in [0.15, 0.2) is 0 Å². The highest BCUT2D eigenvalue weighted by Crippen LogP contribution is 2.68. The number of fused-ring (bicyclic) bond motifs is 5. The summed E-state index contributed by atoms with van der Waals surface area (Å²) in [7, 11) is 0. The van der Waals surface area contributed by atoms with Crippen molar-refractivity contribution >= 4 is 5.97 Å². The largest absolute Gasteiger partial charge is 0.481 e. The number of hydrogen-bond donors (Lipinski definition) is 4. The van der Waals surface area contributed by atoms with Crippen LogP contribution in [-0.4, -0.2) is 44.7 Å². The summed E-state index contributed by atoms with van der Waals surface area (Å²) in [4.78, 5) is 11.4. The molecule has 0 aromatic carbocycles. The van der Waals surface area contributed by atoms with Gasteiger partial charge in [-0.1, -0.05) is 40.5 Å². The quantitative estimate of drug-likeness (QED) is 0.475. The van der Waals surface area contributed by atoms with E-state index in [1.807, 2.05) is 0 Å². The fraction of sp³-hybridized carbons (Fsp3) is 0.963. The van der Waals surface area contributed by atoms with E-state index in [0.29, 0.717) is 18.8 Å². The molecule has 4 saturated carbocycles. The zero-order valence-electron chi connectivity index (χ0n) is 23.0. The summed E-state index contributed by atoms with van der Waals surface area (Å²) in [5, 5.41) is 42.6. The molecule has 4 aliphatic rings. The first-order valence-corrected chi connectivity index (χ1v) is 13.0. The van der Waals surface area contributed by atoms with Crippen molar-refractivity contribution in [3.8, 4) is 0 Å². The van der Waals surface area contributed by atoms with Crippen molar-refractivity contribution in [2.75, 3.05) is 0 Å². The van der Waals surface area contributed by atoms with Gasteiger partial charge in [0.2, 0.25) is 0 Å². The molecular formula is C27H46O5. The zero-order valence-corrected chi connectivity index (χ0v) is 20.0. The highest BCUT2D eigenvalue weighted by Gasteiger charge is 2.65. The van der Waals surface area contributed by atoms with Gasteiger partial charge in [0.15, 0.2) is 0 Å². The molecule has 0 spiro atoms. The van der Waals surface area contributed by atoms with Gasteiger partial charge in [-0.3, -0.25) is 4.79 Å². The van der Waals surface area contributed by atoms with E-state index in [4.69, 9.17) is 4.11 Å². The smallest absolute Gasteiger partial charge is 0.306 e. The highest BCUT2D eigenvalue weighted by molar-refractivity contribution is 5.69. The molecule has 0 heterocycles. The van der Waals surface area contributed by atoms with Crippen LogP contribution in [0.4, 0.5) is 0 Å². The topological polar surface area (TPSA) is 98.0 Å². The second kappa shape index (κ2) is 8.85. The van der Waals surface area contributed by atoms with E-state index in [0.717, 1.165) is 44.9 Å². The molecule has 0 unspecified atom stereocenters. The minimum atomic E-state index is -2.49. The van der Waals surface area contributed by atoms with Crippen LogP contribution in [0.5, 0.6) is 0 Å². The Kier molecular flexibility index (Phi) is 5.73. The predicted octanol–water partition coefficient (Wildman–Crippen LogP) is 4.47. The molecule has 0 radical (unpaired) electrons. The lowest BCUT2D eigenvalue weighted by molar-refractivity contribution is -0.207. The number of aliphatic carboxylic acids is 1. The van der Waals surface area contributed by atoms with Crippen molar-refractivity contribution < 1.29 is 29.3 Å². The van der Waals surface area contributed by atoms with Gasteiger partial charge in [-0.2, -0.15) is 0 Å². The highest BCUT2D eigenvalue weighted by atomic mass is 16.4. The molecule has 0 aromatic rings. The second-order valence-corrected chi connectivity index (χ2v) is 12.3. The van der Waals surface area contributed by atoms with Crippen LogP contribution in [-0.2, 0) is 4.79 Å². The van der Waals surface area contributed by atoms with Gasteiger partial charge in [0.25, 0.3) is 0 Å². The predicted molar refractivity (Wildman–Crippen MR) is 124 cm³/mol. The molecule has 0 saturated heterocycles. The van der Waals surface area contributed by atoms with Gasteiger partial charge in [-0.15, -0.1) is 0 Å². The Morgan fingerprint density at radius 1 is 1.06 bits per heavy atom. The van der Waals surface area contributed by atoms with Crippen LogP contribution in [0, 0.1) is 52.3 Å². The maximum atomic E-state index is 11.6. The summed E-state index contributed by atoms with van der Waals surface area (Å²) >= 11 is 0. The molecular weight excluding hydrogens is 404 g/mol. The van der Waals surface area contributed by atoms with Crippen LogP contribution in [0.25, 0.3) is 0 Å². The van der Waals surface area contributed by atoms with E-state index in [1.165, 1.54) is 0 Å². The Hall–Kier alpha value is -0.650. The van der Waals surface area contributed by atoms with Crippen molar-refractivity contribution in [2.45, 2.75) is 110 Å². The summed E-state index contributed by atoms with van der Waals surface area (Å²) in [6.07, 6.45) is 6.21. The molecule has 0 aromatic heterocycles. The van der Waals surface area contributed by atoms with Crippen molar-refractivity contribution in [3.63, 3.8) is 0 Å². The zero-order chi connectivity index (χ0) is 25.9. The van der Waals surface area contributed by atoms with Crippen LogP contribution in [0.2, 0.25) is 0 Å². The standard InChI is InChI=1S/C27H46O5/c1-15(6-5-7-16(2)25(31)32)19-8-9-20-24-21(14-23(30)27(19,20)4)26(3)11-10-18(28)12-17(26)13-22(24)29/h15-24,28-30H,5-14H2,1-4H3,(H,31,32)/t15-,16+,17+,18-,19-,20+,21+,22-,23+,24+,26+,27-/m1/s1/i2D3. The second-order valence-electron chi connectivity index (χ2n) is 12.3. The lowest BCUT2D eigenvalue weighted by atomic mass is 9.43. The van der Waals surface area contributed by atoms with Gasteiger partial charge < -0.3 is 20.4 Å². The molecule has 0 bridgehead atoms. The molecule has 4 aliphatic carbocycles. The SMILES string of the molecule is [2H]C([2H])([2H])[C@@H](CCC[C@@H](C)[C@H]1CC[C@H]2[C@@H]3[C@H](O)C[C@@H]4C[C@H](O)CC[C@]4(C)[C@H]3C[C@H](O)[C@]12C)C(=O)O. The first-order chi connectivity index (χ1) is 16.2. The molecule has 0 amide bonds. The summed E-state index contributed by atoms with van der Waals surface area (Å²) in [6, 6.07) is 0. The van der Waals surface area contributed by atoms with Gasteiger partial charge in [0.05, 0.1) is 24.2 Å². The molecule has 5 heteroatoms. The lowest BCUT2D eigenvalue weighted by Gasteiger charge is -2.63. The van der Waals surface area contributed by atoms with E-state index in [2.05, 4.69) is 20.8 Å². The maximum absolute atomic E-state index is 11.6. The van der Waals surface area contributed by atoms with Crippen molar-refractivity contribution in [2.24, 2.45) is 52.3 Å². The van der Waals surface area contributed by atoms with Gasteiger partial charge in [0, 0.05) is 4.11 Å². The molecule has 32 heavy (non-hydrogen) atoms. The number of carboxylic acid groups (broad SMARTS) is 1. The molecule has 12 atom stereocenters. The number of carbonyl (C=O) groups is 1. The third-order valence-electron chi connectivity index (χ3n) is 11.0. The maximum Gasteiger partial charge on any atom is 0.306 e. The molecule has 4 fully saturated rings. The van der Waals surface area contributed by atoms with Gasteiger partial charge >= 0.3 is 5.97 Å². The van der Waals surface area contributed by atoms with E-state index < -0.39 is 30.9 Å². The molecule has 184 valence electrons. The van der Waals surface area contributed by atoms with Crippen molar-refractivity contribution in [1.82, 2.24) is 0 Å². The number of hydrogen-bond acceptors (Lipinski definition) is 4. The minimum Gasteiger partial charge on any atom is -0.481 e. The van der Waals surface area contributed by atoms with E-state index in [9.17, 15) is 25.2 Å². The average molecular weight is 454 g/mol. The summed E-state index contributed by atoms with van der Waals surface area (Å²) < 4.78 is 22.6. The van der Waals surface area contributed by atoms with Gasteiger partial charge in [0.1, 0.15) is 0 Å². The Balaban J connectivity index is 1.48. The summed E-state index contributed by atoms with van der Waals surface area (Å²) in [6.45, 7) is 4.22. The van der Waals surface area contributed by atoms with Crippen LogP contribution in [0.1, 0.15) is 95.9 Å². The van der Waals surface area contributed by atoms with Crippen molar-refractivity contribution in [1.29, 1.82) is 0 Å². The number of aliphatic hydroxyl groups excluding tert-OH is 3. The first-order valence-electron chi connectivity index (χ1n) is 14.5. The molecule has 4 rings (SSSR count). The molecule has 4 N–H and O–H groups in total. The van der Waals surface area contributed by atoms with Gasteiger partial charge in [-0.05, 0) is 97.7 Å². The lowest BCUT2D eigenvalue weighted by Crippen LogP contribution is -2.62. The van der Waals surface area contributed by atoms with E-state index >= 15 is 0 Å². The number of carboxylic acids is 1. The third kappa shape index (κ3) is 3.84.